The fraction of sp³-hybridized carbons (Fsp3) is 0.636. The van der Waals surface area contributed by atoms with Gasteiger partial charge in [-0.1, -0.05) is 27.0 Å². The van der Waals surface area contributed by atoms with Gasteiger partial charge in [-0.3, -0.25) is 0 Å². The second-order valence-corrected chi connectivity index (χ2v) is 6.70. The van der Waals surface area contributed by atoms with Crippen molar-refractivity contribution in [2.75, 3.05) is 18.1 Å². The van der Waals surface area contributed by atoms with Crippen LogP contribution in [0.15, 0.2) is 18.3 Å². The molecule has 0 spiro atoms. The van der Waals surface area contributed by atoms with Crippen molar-refractivity contribution in [1.29, 1.82) is 0 Å². The predicted molar refractivity (Wildman–Crippen MR) is 83.0 cm³/mol. The first-order valence-electron chi connectivity index (χ1n) is 6.89. The third kappa shape index (κ3) is 2.68. The van der Waals surface area contributed by atoms with Gasteiger partial charge in [0.15, 0.2) is 0 Å². The molecule has 0 aromatic carbocycles. The van der Waals surface area contributed by atoms with Crippen LogP contribution in [0.1, 0.15) is 19.8 Å². The monoisotopic (exact) mass is 261 g/mol. The number of aromatic amines is 1. The van der Waals surface area contributed by atoms with Crippen LogP contribution in [0.5, 0.6) is 0 Å². The van der Waals surface area contributed by atoms with Gasteiger partial charge < -0.3 is 18.7 Å². The standard InChI is InChI=1S/C11H23B2N4Si/c1-5-6-10-16-12(2)15(4)18-17(13(16)3)11-8-7-9-14-11/h7-9,14,18H,5-6,10H2,1-4H3. The lowest BCUT2D eigenvalue weighted by molar-refractivity contribution is 0.547. The van der Waals surface area contributed by atoms with Crippen LogP contribution in [0.4, 0.5) is 5.82 Å². The fourth-order valence-electron chi connectivity index (χ4n) is 2.55. The van der Waals surface area contributed by atoms with Crippen LogP contribution in [0.3, 0.4) is 0 Å². The molecular formula is C11H23B2N4Si. The molecule has 7 heteroatoms. The molecule has 0 unspecified atom stereocenters. The minimum Gasteiger partial charge on any atom is -0.407 e. The number of anilines is 1. The number of aromatic nitrogens is 1. The van der Waals surface area contributed by atoms with Gasteiger partial charge in [-0.05, 0) is 32.1 Å². The van der Waals surface area contributed by atoms with Gasteiger partial charge in [0.05, 0.1) is 5.82 Å². The lowest BCUT2D eigenvalue weighted by atomic mass is 9.62. The highest BCUT2D eigenvalue weighted by Gasteiger charge is 2.39. The lowest BCUT2D eigenvalue weighted by Crippen LogP contribution is -2.70. The first-order chi connectivity index (χ1) is 8.65. The maximum absolute atomic E-state index is 3.34. The van der Waals surface area contributed by atoms with E-state index in [1.54, 1.807) is 0 Å². The Hall–Kier alpha value is -0.653. The van der Waals surface area contributed by atoms with Crippen molar-refractivity contribution in [1.82, 2.24) is 14.2 Å². The average Bonchev–Trinajstić information content (AvgIpc) is 2.87. The van der Waals surface area contributed by atoms with E-state index in [4.69, 9.17) is 0 Å². The normalized spacial score (nSPS) is 18.8. The Kier molecular flexibility index (Phi) is 4.58. The Balaban J connectivity index is 2.13. The van der Waals surface area contributed by atoms with Crippen molar-refractivity contribution >= 4 is 29.6 Å². The molecule has 1 radical (unpaired) electrons. The molecule has 18 heavy (non-hydrogen) atoms. The molecule has 1 saturated heterocycles. The van der Waals surface area contributed by atoms with Crippen LogP contribution < -0.4 is 4.48 Å². The quantitative estimate of drug-likeness (QED) is 0.829. The summed E-state index contributed by atoms with van der Waals surface area (Å²) in [4.78, 5) is 3.34. The van der Waals surface area contributed by atoms with E-state index < -0.39 is 0 Å². The highest BCUT2D eigenvalue weighted by Crippen LogP contribution is 2.20. The molecule has 0 bridgehead atoms. The number of hydrogen-bond donors (Lipinski definition) is 1. The Morgan fingerprint density at radius 3 is 2.72 bits per heavy atom. The lowest BCUT2D eigenvalue weighted by Gasteiger charge is -2.47. The second kappa shape index (κ2) is 5.99. The molecule has 4 nitrogen and oxygen atoms in total. The summed E-state index contributed by atoms with van der Waals surface area (Å²) in [7, 11) is 2.40. The molecule has 1 fully saturated rings. The number of nitrogens with one attached hydrogen (secondary N) is 1. The smallest absolute Gasteiger partial charge is 0.322 e. The summed E-state index contributed by atoms with van der Waals surface area (Å²) in [6.07, 6.45) is 4.54. The molecule has 1 N–H and O–H groups in total. The summed E-state index contributed by atoms with van der Waals surface area (Å²) in [5.41, 5.74) is 0. The van der Waals surface area contributed by atoms with Gasteiger partial charge in [0, 0.05) is 6.20 Å². The average molecular weight is 261 g/mol. The van der Waals surface area contributed by atoms with Crippen LogP contribution >= 0.6 is 0 Å². The van der Waals surface area contributed by atoms with Crippen LogP contribution in [0, 0.1) is 0 Å². The molecule has 1 aliphatic heterocycles. The summed E-state index contributed by atoms with van der Waals surface area (Å²) >= 11 is 0. The predicted octanol–water partition coefficient (Wildman–Crippen LogP) is 1.37. The molecule has 0 aliphatic carbocycles. The van der Waals surface area contributed by atoms with E-state index in [-0.39, 0.29) is 9.84 Å². The molecule has 1 aliphatic rings. The van der Waals surface area contributed by atoms with Crippen LogP contribution in [-0.2, 0) is 0 Å². The van der Waals surface area contributed by atoms with Crippen LogP contribution in [0.25, 0.3) is 0 Å². The summed E-state index contributed by atoms with van der Waals surface area (Å²) in [5.74, 6) is 1.25. The summed E-state index contributed by atoms with van der Waals surface area (Å²) in [6.45, 7) is 9.12. The van der Waals surface area contributed by atoms with Gasteiger partial charge in [-0.2, -0.15) is 0 Å². The van der Waals surface area contributed by atoms with Crippen molar-refractivity contribution in [3.8, 4) is 0 Å². The SMILES string of the molecule is CCCCN1B(C)N(C)[SiH]N(c2ccc[nH]2)B1C. The van der Waals surface area contributed by atoms with E-state index in [0.29, 0.717) is 14.0 Å². The van der Waals surface area contributed by atoms with Crippen LogP contribution in [0.2, 0.25) is 13.6 Å². The highest BCUT2D eigenvalue weighted by atomic mass is 28.2. The minimum absolute atomic E-state index is 0.164. The Morgan fingerprint density at radius 2 is 2.11 bits per heavy atom. The van der Waals surface area contributed by atoms with E-state index in [2.05, 4.69) is 58.4 Å². The van der Waals surface area contributed by atoms with Crippen molar-refractivity contribution in [2.45, 2.75) is 33.4 Å². The molecule has 0 saturated carbocycles. The molecule has 0 atom stereocenters. The first-order valence-corrected chi connectivity index (χ1v) is 7.92. The largest absolute Gasteiger partial charge is 0.407 e. The third-order valence-electron chi connectivity index (χ3n) is 3.89. The maximum atomic E-state index is 3.34. The van der Waals surface area contributed by atoms with Gasteiger partial charge >= 0.3 is 6.98 Å². The van der Waals surface area contributed by atoms with Gasteiger partial charge in [-0.15, -0.1) is 0 Å². The van der Waals surface area contributed by atoms with E-state index in [1.807, 2.05) is 6.20 Å². The van der Waals surface area contributed by atoms with E-state index in [9.17, 15) is 0 Å². The van der Waals surface area contributed by atoms with Gasteiger partial charge in [0.25, 0.3) is 6.98 Å². The second-order valence-electron chi connectivity index (χ2n) is 5.10. The molecular weight excluding hydrogens is 238 g/mol. The zero-order chi connectivity index (χ0) is 13.1. The van der Waals surface area contributed by atoms with Crippen molar-refractivity contribution in [3.05, 3.63) is 18.3 Å². The number of unbranched alkanes of at least 4 members (excludes halogenated alkanes) is 1. The molecule has 1 aromatic rings. The third-order valence-corrected chi connectivity index (χ3v) is 5.64. The van der Waals surface area contributed by atoms with Gasteiger partial charge in [0.2, 0.25) is 9.84 Å². The Labute approximate surface area is 114 Å². The van der Waals surface area contributed by atoms with Gasteiger partial charge in [0.1, 0.15) is 0 Å². The van der Waals surface area contributed by atoms with E-state index >= 15 is 0 Å². The zero-order valence-electron chi connectivity index (χ0n) is 11.9. The maximum Gasteiger partial charge on any atom is 0.322 e. The molecule has 2 rings (SSSR count). The van der Waals surface area contributed by atoms with Crippen LogP contribution in [-0.4, -0.2) is 51.6 Å². The number of nitrogens with zero attached hydrogens (tertiary/aromatic N) is 3. The van der Waals surface area contributed by atoms with Gasteiger partial charge in [-0.25, -0.2) is 0 Å². The summed E-state index contributed by atoms with van der Waals surface area (Å²) in [6, 6.07) is 4.25. The van der Waals surface area contributed by atoms with Crippen molar-refractivity contribution in [3.63, 3.8) is 0 Å². The first kappa shape index (κ1) is 13.8. The number of hydrogen-bond acceptors (Lipinski definition) is 3. The minimum atomic E-state index is 0.164. The Morgan fingerprint density at radius 1 is 1.33 bits per heavy atom. The molecule has 97 valence electrons. The molecule has 1 aromatic heterocycles. The molecule has 2 heterocycles. The van der Waals surface area contributed by atoms with Crippen molar-refractivity contribution in [2.24, 2.45) is 0 Å². The summed E-state index contributed by atoms with van der Waals surface area (Å²) < 4.78 is 7.59. The summed E-state index contributed by atoms with van der Waals surface area (Å²) in [5, 5.41) is 0. The Bertz CT molecular complexity index is 362. The highest BCUT2D eigenvalue weighted by molar-refractivity contribution is 6.86. The number of rotatable bonds is 4. The molecule has 0 amide bonds. The van der Waals surface area contributed by atoms with E-state index in [1.165, 1.54) is 25.2 Å². The topological polar surface area (TPSA) is 25.5 Å². The fourth-order valence-corrected chi connectivity index (χ4v) is 3.96. The van der Waals surface area contributed by atoms with Crippen molar-refractivity contribution < 1.29 is 0 Å². The number of H-pyrrole nitrogens is 1. The van der Waals surface area contributed by atoms with E-state index in [0.717, 1.165) is 0 Å². The zero-order valence-corrected chi connectivity index (χ0v) is 13.1.